The molecule has 1 amide bonds. The van der Waals surface area contributed by atoms with E-state index >= 15 is 0 Å². The number of carbonyl (C=O) groups excluding carboxylic acids is 1. The van der Waals surface area contributed by atoms with Gasteiger partial charge in [-0.15, -0.1) is 24.8 Å². The smallest absolute Gasteiger partial charge is 0.251 e. The number of aryl methyl sites for hydroxylation is 1. The number of anilines is 1. The molecule has 0 aromatic heterocycles. The lowest BCUT2D eigenvalue weighted by Gasteiger charge is -2.20. The molecule has 2 aromatic rings. The summed E-state index contributed by atoms with van der Waals surface area (Å²) >= 11 is 0. The van der Waals surface area contributed by atoms with E-state index in [1.54, 1.807) is 6.07 Å². The first-order valence-corrected chi connectivity index (χ1v) is 8.48. The predicted molar refractivity (Wildman–Crippen MR) is 114 cm³/mol. The van der Waals surface area contributed by atoms with Crippen LogP contribution in [-0.4, -0.2) is 23.9 Å². The second-order valence-corrected chi connectivity index (χ2v) is 5.99. The molecule has 0 spiro atoms. The van der Waals surface area contributed by atoms with E-state index in [2.05, 4.69) is 36.2 Å². The third-order valence-corrected chi connectivity index (χ3v) is 4.35. The molecular weight excluding hydrogens is 369 g/mol. The Morgan fingerprint density at radius 1 is 1.04 bits per heavy atom. The summed E-state index contributed by atoms with van der Waals surface area (Å²) in [5.41, 5.74) is 10.4. The van der Waals surface area contributed by atoms with Crippen molar-refractivity contribution in [2.45, 2.75) is 33.9 Å². The number of halogens is 2. The summed E-state index contributed by atoms with van der Waals surface area (Å²) in [6.07, 6.45) is 0. The zero-order valence-electron chi connectivity index (χ0n) is 15.6. The highest BCUT2D eigenvalue weighted by atomic mass is 35.5. The number of nitrogens with zero attached hydrogens (tertiary/aromatic N) is 1. The number of nitrogens with two attached hydrogens (primary N) is 1. The summed E-state index contributed by atoms with van der Waals surface area (Å²) in [7, 11) is 0. The van der Waals surface area contributed by atoms with Crippen LogP contribution in [0.5, 0.6) is 0 Å². The normalized spacial score (nSPS) is 10.0. The van der Waals surface area contributed by atoms with Crippen molar-refractivity contribution in [2.24, 2.45) is 0 Å². The summed E-state index contributed by atoms with van der Waals surface area (Å²) in [6, 6.07) is 13.7. The molecule has 0 fully saturated rings. The van der Waals surface area contributed by atoms with Crippen LogP contribution in [0.2, 0.25) is 0 Å². The first kappa shape index (κ1) is 24.2. The van der Waals surface area contributed by atoms with Crippen molar-refractivity contribution in [1.82, 2.24) is 10.2 Å². The highest BCUT2D eigenvalue weighted by molar-refractivity contribution is 5.96. The molecule has 0 bridgehead atoms. The molecule has 0 radical (unpaired) electrons. The van der Waals surface area contributed by atoms with Crippen molar-refractivity contribution in [3.05, 3.63) is 64.7 Å². The van der Waals surface area contributed by atoms with E-state index < -0.39 is 0 Å². The van der Waals surface area contributed by atoms with Crippen LogP contribution in [0.15, 0.2) is 42.5 Å². The number of amides is 1. The van der Waals surface area contributed by atoms with Gasteiger partial charge in [0.1, 0.15) is 0 Å². The van der Waals surface area contributed by atoms with Crippen molar-refractivity contribution in [3.63, 3.8) is 0 Å². The van der Waals surface area contributed by atoms with Gasteiger partial charge in [0.2, 0.25) is 0 Å². The van der Waals surface area contributed by atoms with Gasteiger partial charge >= 0.3 is 0 Å². The van der Waals surface area contributed by atoms with E-state index in [9.17, 15) is 4.79 Å². The second-order valence-electron chi connectivity index (χ2n) is 5.99. The van der Waals surface area contributed by atoms with Crippen LogP contribution in [0, 0.1) is 6.92 Å². The minimum atomic E-state index is -0.0857. The lowest BCUT2D eigenvalue weighted by molar-refractivity contribution is 0.0950. The Morgan fingerprint density at radius 2 is 1.65 bits per heavy atom. The molecule has 0 saturated carbocycles. The summed E-state index contributed by atoms with van der Waals surface area (Å²) < 4.78 is 0. The SMILES string of the molecule is CCN(CC)Cc1ccccc1CNC(=O)c1cc(N)ccc1C.Cl.Cl. The largest absolute Gasteiger partial charge is 0.399 e. The van der Waals surface area contributed by atoms with E-state index in [0.717, 1.165) is 30.8 Å². The van der Waals surface area contributed by atoms with Crippen molar-refractivity contribution in [1.29, 1.82) is 0 Å². The van der Waals surface area contributed by atoms with Gasteiger partial charge < -0.3 is 11.1 Å². The average molecular weight is 398 g/mol. The van der Waals surface area contributed by atoms with E-state index in [0.29, 0.717) is 17.8 Å². The zero-order chi connectivity index (χ0) is 17.5. The van der Waals surface area contributed by atoms with Crippen molar-refractivity contribution < 1.29 is 4.79 Å². The Bertz CT molecular complexity index is 703. The fraction of sp³-hybridized carbons (Fsp3) is 0.350. The highest BCUT2D eigenvalue weighted by Gasteiger charge is 2.11. The molecule has 4 nitrogen and oxygen atoms in total. The third-order valence-electron chi connectivity index (χ3n) is 4.35. The van der Waals surface area contributed by atoms with Crippen molar-refractivity contribution in [2.75, 3.05) is 18.8 Å². The molecule has 0 atom stereocenters. The van der Waals surface area contributed by atoms with Crippen LogP contribution in [-0.2, 0) is 13.1 Å². The minimum absolute atomic E-state index is 0. The Hall–Kier alpha value is -1.75. The third kappa shape index (κ3) is 6.52. The molecule has 3 N–H and O–H groups in total. The van der Waals surface area contributed by atoms with Crippen molar-refractivity contribution >= 4 is 36.4 Å². The zero-order valence-corrected chi connectivity index (χ0v) is 17.3. The summed E-state index contributed by atoms with van der Waals surface area (Å²) in [5, 5.41) is 3.02. The van der Waals surface area contributed by atoms with E-state index in [1.807, 2.05) is 31.2 Å². The molecule has 144 valence electrons. The van der Waals surface area contributed by atoms with E-state index in [-0.39, 0.29) is 30.7 Å². The van der Waals surface area contributed by atoms with E-state index in [4.69, 9.17) is 5.73 Å². The van der Waals surface area contributed by atoms with Gasteiger partial charge in [-0.1, -0.05) is 44.2 Å². The van der Waals surface area contributed by atoms with Crippen LogP contribution in [0.3, 0.4) is 0 Å². The number of rotatable bonds is 7. The molecule has 26 heavy (non-hydrogen) atoms. The fourth-order valence-corrected chi connectivity index (χ4v) is 2.73. The van der Waals surface area contributed by atoms with Crippen LogP contribution in [0.4, 0.5) is 5.69 Å². The Kier molecular flexibility index (Phi) is 11.0. The predicted octanol–water partition coefficient (Wildman–Crippen LogP) is 4.19. The number of benzene rings is 2. The minimum Gasteiger partial charge on any atom is -0.399 e. The topological polar surface area (TPSA) is 58.4 Å². The molecule has 0 aliphatic carbocycles. The lowest BCUT2D eigenvalue weighted by atomic mass is 10.1. The Labute approximate surface area is 169 Å². The molecule has 0 aliphatic heterocycles. The summed E-state index contributed by atoms with van der Waals surface area (Å²) in [6.45, 7) is 9.69. The van der Waals surface area contributed by atoms with Crippen LogP contribution >= 0.6 is 24.8 Å². The van der Waals surface area contributed by atoms with Gasteiger partial charge in [-0.25, -0.2) is 0 Å². The van der Waals surface area contributed by atoms with Gasteiger partial charge in [-0.2, -0.15) is 0 Å². The quantitative estimate of drug-likeness (QED) is 0.688. The van der Waals surface area contributed by atoms with Crippen LogP contribution in [0.25, 0.3) is 0 Å². The number of carbonyl (C=O) groups is 1. The van der Waals surface area contributed by atoms with Gasteiger partial charge in [-0.05, 0) is 48.8 Å². The molecule has 0 saturated heterocycles. The maximum atomic E-state index is 12.5. The van der Waals surface area contributed by atoms with E-state index in [1.165, 1.54) is 5.56 Å². The molecule has 2 aromatic carbocycles. The number of nitrogen functional groups attached to an aromatic ring is 1. The molecule has 6 heteroatoms. The second kappa shape index (κ2) is 11.8. The standard InChI is InChI=1S/C20H27N3O.2ClH/c1-4-23(5-2)14-17-9-7-6-8-16(17)13-22-20(24)19-12-18(21)11-10-15(19)3;;/h6-12H,4-5,13-14,21H2,1-3H3,(H,22,24);2*1H. The maximum absolute atomic E-state index is 12.5. The van der Waals surface area contributed by atoms with Gasteiger partial charge in [0, 0.05) is 24.3 Å². The molecule has 0 heterocycles. The first-order valence-electron chi connectivity index (χ1n) is 8.48. The monoisotopic (exact) mass is 397 g/mol. The average Bonchev–Trinajstić information content (AvgIpc) is 2.60. The Balaban J connectivity index is 0.00000312. The number of hydrogen-bond acceptors (Lipinski definition) is 3. The summed E-state index contributed by atoms with van der Waals surface area (Å²) in [4.78, 5) is 14.8. The van der Waals surface area contributed by atoms with Gasteiger partial charge in [-0.3, -0.25) is 9.69 Å². The summed E-state index contributed by atoms with van der Waals surface area (Å²) in [5.74, 6) is -0.0857. The first-order chi connectivity index (χ1) is 11.5. The molecular formula is C20H29Cl2N3O. The molecule has 2 rings (SSSR count). The van der Waals surface area contributed by atoms with Crippen LogP contribution < -0.4 is 11.1 Å². The van der Waals surface area contributed by atoms with Gasteiger partial charge in [0.25, 0.3) is 5.91 Å². The van der Waals surface area contributed by atoms with Gasteiger partial charge in [0.05, 0.1) is 0 Å². The molecule has 0 unspecified atom stereocenters. The van der Waals surface area contributed by atoms with Crippen molar-refractivity contribution in [3.8, 4) is 0 Å². The molecule has 0 aliphatic rings. The fourth-order valence-electron chi connectivity index (χ4n) is 2.73. The maximum Gasteiger partial charge on any atom is 0.251 e. The number of nitrogens with one attached hydrogen (secondary N) is 1. The highest BCUT2D eigenvalue weighted by Crippen LogP contribution is 2.14. The lowest BCUT2D eigenvalue weighted by Crippen LogP contribution is -2.26. The van der Waals surface area contributed by atoms with Gasteiger partial charge in [0.15, 0.2) is 0 Å². The number of hydrogen-bond donors (Lipinski definition) is 2. The Morgan fingerprint density at radius 3 is 2.27 bits per heavy atom. The van der Waals surface area contributed by atoms with Crippen LogP contribution in [0.1, 0.15) is 40.9 Å².